The standard InChI is InChI=1S/C21H27N3/c1-3-23(2)17-9-10-18-19(13-17)20(16-7-5-4-6-8-16)15-24-12-11-22-14-21(18)24/h4-10,13,20-22H,3,11-12,14-15H2,1-2H3. The molecule has 1 fully saturated rings. The fourth-order valence-electron chi connectivity index (χ4n) is 4.16. The molecule has 2 aromatic carbocycles. The van der Waals surface area contributed by atoms with Crippen LogP contribution in [0.3, 0.4) is 0 Å². The van der Waals surface area contributed by atoms with Gasteiger partial charge in [-0.25, -0.2) is 0 Å². The third kappa shape index (κ3) is 2.72. The number of anilines is 1. The van der Waals surface area contributed by atoms with Crippen molar-refractivity contribution in [3.63, 3.8) is 0 Å². The quantitative estimate of drug-likeness (QED) is 0.936. The molecule has 0 spiro atoms. The van der Waals surface area contributed by atoms with Gasteiger partial charge in [-0.1, -0.05) is 36.4 Å². The second-order valence-corrected chi connectivity index (χ2v) is 7.01. The van der Waals surface area contributed by atoms with Crippen LogP contribution >= 0.6 is 0 Å². The molecule has 2 aliphatic rings. The number of hydrogen-bond acceptors (Lipinski definition) is 3. The van der Waals surface area contributed by atoms with Crippen molar-refractivity contribution >= 4 is 5.69 Å². The van der Waals surface area contributed by atoms with E-state index in [1.807, 2.05) is 0 Å². The number of piperazine rings is 1. The third-order valence-electron chi connectivity index (χ3n) is 5.69. The summed E-state index contributed by atoms with van der Waals surface area (Å²) in [6.07, 6.45) is 0. The lowest BCUT2D eigenvalue weighted by molar-refractivity contribution is 0.143. The van der Waals surface area contributed by atoms with E-state index in [2.05, 4.69) is 77.6 Å². The Bertz CT molecular complexity index is 697. The van der Waals surface area contributed by atoms with Crippen LogP contribution in [-0.2, 0) is 0 Å². The highest BCUT2D eigenvalue weighted by molar-refractivity contribution is 5.55. The maximum atomic E-state index is 3.58. The Balaban J connectivity index is 1.81. The van der Waals surface area contributed by atoms with Crippen LogP contribution in [0, 0.1) is 0 Å². The predicted octanol–water partition coefficient (Wildman–Crippen LogP) is 3.23. The van der Waals surface area contributed by atoms with Gasteiger partial charge in [0.15, 0.2) is 0 Å². The molecule has 2 heterocycles. The fraction of sp³-hybridized carbons (Fsp3) is 0.429. The minimum atomic E-state index is 0.473. The summed E-state index contributed by atoms with van der Waals surface area (Å²) in [6.45, 7) is 7.68. The van der Waals surface area contributed by atoms with Crippen LogP contribution in [-0.4, -0.2) is 44.7 Å². The second-order valence-electron chi connectivity index (χ2n) is 7.01. The molecule has 1 N–H and O–H groups in total. The van der Waals surface area contributed by atoms with Gasteiger partial charge in [0.2, 0.25) is 0 Å². The van der Waals surface area contributed by atoms with Crippen molar-refractivity contribution in [2.24, 2.45) is 0 Å². The summed E-state index contributed by atoms with van der Waals surface area (Å²) in [4.78, 5) is 4.99. The Hall–Kier alpha value is -1.84. The van der Waals surface area contributed by atoms with Gasteiger partial charge in [-0.3, -0.25) is 4.90 Å². The maximum absolute atomic E-state index is 3.58. The SMILES string of the molecule is CCN(C)c1ccc2c(c1)C(c1ccccc1)CN1CCNCC21. The van der Waals surface area contributed by atoms with Crippen molar-refractivity contribution in [2.75, 3.05) is 44.7 Å². The molecule has 0 amide bonds. The normalized spacial score (nSPS) is 23.4. The Labute approximate surface area is 145 Å². The van der Waals surface area contributed by atoms with E-state index >= 15 is 0 Å². The number of hydrogen-bond donors (Lipinski definition) is 1. The second kappa shape index (κ2) is 6.58. The minimum Gasteiger partial charge on any atom is -0.375 e. The van der Waals surface area contributed by atoms with E-state index in [1.54, 1.807) is 0 Å². The van der Waals surface area contributed by atoms with Gasteiger partial charge in [-0.2, -0.15) is 0 Å². The van der Waals surface area contributed by atoms with Crippen LogP contribution in [0.15, 0.2) is 48.5 Å². The van der Waals surface area contributed by atoms with E-state index in [4.69, 9.17) is 0 Å². The van der Waals surface area contributed by atoms with Crippen molar-refractivity contribution in [1.82, 2.24) is 10.2 Å². The van der Waals surface area contributed by atoms with Crippen molar-refractivity contribution in [2.45, 2.75) is 18.9 Å². The first-order valence-corrected chi connectivity index (χ1v) is 9.12. The molecule has 0 aliphatic carbocycles. The monoisotopic (exact) mass is 321 g/mol. The van der Waals surface area contributed by atoms with Gasteiger partial charge < -0.3 is 10.2 Å². The lowest BCUT2D eigenvalue weighted by atomic mass is 9.80. The lowest BCUT2D eigenvalue weighted by Crippen LogP contribution is -2.50. The van der Waals surface area contributed by atoms with E-state index < -0.39 is 0 Å². The number of benzene rings is 2. The highest BCUT2D eigenvalue weighted by atomic mass is 15.2. The van der Waals surface area contributed by atoms with E-state index in [9.17, 15) is 0 Å². The first-order valence-electron chi connectivity index (χ1n) is 9.12. The van der Waals surface area contributed by atoms with Gasteiger partial charge in [-0.15, -0.1) is 0 Å². The summed E-state index contributed by atoms with van der Waals surface area (Å²) >= 11 is 0. The predicted molar refractivity (Wildman–Crippen MR) is 101 cm³/mol. The summed E-state index contributed by atoms with van der Waals surface area (Å²) in [5, 5.41) is 3.58. The zero-order valence-corrected chi connectivity index (χ0v) is 14.7. The molecule has 1 saturated heterocycles. The molecular formula is C21H27N3. The van der Waals surface area contributed by atoms with Crippen LogP contribution in [0.5, 0.6) is 0 Å². The Morgan fingerprint density at radius 3 is 2.75 bits per heavy atom. The van der Waals surface area contributed by atoms with Crippen molar-refractivity contribution < 1.29 is 0 Å². The summed E-state index contributed by atoms with van der Waals surface area (Å²) < 4.78 is 0. The average molecular weight is 321 g/mol. The van der Waals surface area contributed by atoms with Crippen molar-refractivity contribution in [3.8, 4) is 0 Å². The molecule has 24 heavy (non-hydrogen) atoms. The lowest BCUT2D eigenvalue weighted by Gasteiger charge is -2.44. The van der Waals surface area contributed by atoms with Gasteiger partial charge in [0.25, 0.3) is 0 Å². The van der Waals surface area contributed by atoms with Gasteiger partial charge in [0.05, 0.1) is 0 Å². The van der Waals surface area contributed by atoms with Crippen LogP contribution in [0.2, 0.25) is 0 Å². The zero-order chi connectivity index (χ0) is 16.5. The molecule has 0 saturated carbocycles. The van der Waals surface area contributed by atoms with Gasteiger partial charge in [0.1, 0.15) is 0 Å². The van der Waals surface area contributed by atoms with Gasteiger partial charge in [-0.05, 0) is 35.7 Å². The molecule has 126 valence electrons. The molecule has 0 aromatic heterocycles. The van der Waals surface area contributed by atoms with Crippen LogP contribution in [0.25, 0.3) is 0 Å². The zero-order valence-electron chi connectivity index (χ0n) is 14.7. The Morgan fingerprint density at radius 1 is 1.12 bits per heavy atom. The molecular weight excluding hydrogens is 294 g/mol. The number of fused-ring (bicyclic) bond motifs is 3. The Morgan fingerprint density at radius 2 is 1.96 bits per heavy atom. The average Bonchev–Trinajstić information content (AvgIpc) is 2.67. The summed E-state index contributed by atoms with van der Waals surface area (Å²) in [5.41, 5.74) is 5.79. The molecule has 3 heteroatoms. The first-order chi connectivity index (χ1) is 11.8. The summed E-state index contributed by atoms with van der Waals surface area (Å²) in [6, 6.07) is 18.6. The first kappa shape index (κ1) is 15.7. The highest BCUT2D eigenvalue weighted by Gasteiger charge is 2.35. The highest BCUT2D eigenvalue weighted by Crippen LogP contribution is 2.41. The molecule has 2 atom stereocenters. The number of nitrogens with zero attached hydrogens (tertiary/aromatic N) is 2. The van der Waals surface area contributed by atoms with Crippen LogP contribution in [0.4, 0.5) is 5.69 Å². The Kier molecular flexibility index (Phi) is 4.30. The number of nitrogens with one attached hydrogen (secondary N) is 1. The summed E-state index contributed by atoms with van der Waals surface area (Å²) in [5.74, 6) is 0.473. The molecule has 0 radical (unpaired) electrons. The minimum absolute atomic E-state index is 0.473. The van der Waals surface area contributed by atoms with E-state index in [1.165, 1.54) is 22.4 Å². The van der Waals surface area contributed by atoms with E-state index in [0.717, 1.165) is 32.7 Å². The van der Waals surface area contributed by atoms with Crippen molar-refractivity contribution in [3.05, 3.63) is 65.2 Å². The smallest absolute Gasteiger partial charge is 0.0476 e. The van der Waals surface area contributed by atoms with Gasteiger partial charge in [0, 0.05) is 57.4 Å². The topological polar surface area (TPSA) is 18.5 Å². The van der Waals surface area contributed by atoms with Crippen LogP contribution in [0.1, 0.15) is 35.6 Å². The van der Waals surface area contributed by atoms with Crippen molar-refractivity contribution in [1.29, 1.82) is 0 Å². The largest absolute Gasteiger partial charge is 0.375 e. The number of rotatable bonds is 3. The third-order valence-corrected chi connectivity index (χ3v) is 5.69. The molecule has 2 aromatic rings. The fourth-order valence-corrected chi connectivity index (χ4v) is 4.16. The van der Waals surface area contributed by atoms with E-state index in [-0.39, 0.29) is 0 Å². The molecule has 2 unspecified atom stereocenters. The van der Waals surface area contributed by atoms with Gasteiger partial charge >= 0.3 is 0 Å². The summed E-state index contributed by atoms with van der Waals surface area (Å²) in [7, 11) is 2.18. The molecule has 2 aliphatic heterocycles. The molecule has 0 bridgehead atoms. The van der Waals surface area contributed by atoms with Crippen LogP contribution < -0.4 is 10.2 Å². The molecule has 3 nitrogen and oxygen atoms in total. The molecule has 4 rings (SSSR count). The maximum Gasteiger partial charge on any atom is 0.0476 e. The van der Waals surface area contributed by atoms with E-state index in [0.29, 0.717) is 12.0 Å².